The molecule has 0 aliphatic rings. The summed E-state index contributed by atoms with van der Waals surface area (Å²) in [5.41, 5.74) is 4.87. The van der Waals surface area contributed by atoms with Crippen LogP contribution in [0.1, 0.15) is 33.4 Å². The fraction of sp³-hybridized carbons (Fsp3) is 0.750. The summed E-state index contributed by atoms with van der Waals surface area (Å²) in [4.78, 5) is 0. The van der Waals surface area contributed by atoms with Crippen LogP contribution in [0.25, 0.3) is 0 Å². The molecule has 0 saturated carbocycles. The zero-order valence-electron chi connectivity index (χ0n) is 11.3. The molecule has 0 aliphatic carbocycles. The SMILES string of the molecule is CCn1ncc(OC)c1C(O)(CN)C(C)(C)C. The molecule has 0 spiro atoms. The molecular weight excluding hydrogens is 218 g/mol. The molecule has 1 aromatic heterocycles. The molecule has 1 aromatic rings. The van der Waals surface area contributed by atoms with Crippen LogP contribution in [-0.2, 0) is 12.1 Å². The standard InChI is InChI=1S/C12H23N3O2/c1-6-15-10(9(17-5)7-14-15)12(16,8-13)11(2,3)4/h7,16H,6,8,13H2,1-5H3. The average molecular weight is 241 g/mol. The molecule has 5 nitrogen and oxygen atoms in total. The highest BCUT2D eigenvalue weighted by atomic mass is 16.5. The van der Waals surface area contributed by atoms with E-state index in [0.29, 0.717) is 18.0 Å². The molecule has 0 amide bonds. The first kappa shape index (κ1) is 14.0. The minimum Gasteiger partial charge on any atom is -0.493 e. The third-order valence-electron chi connectivity index (χ3n) is 3.25. The molecule has 1 unspecified atom stereocenters. The zero-order valence-corrected chi connectivity index (χ0v) is 11.3. The predicted molar refractivity (Wildman–Crippen MR) is 66.9 cm³/mol. The minimum absolute atomic E-state index is 0.124. The highest BCUT2D eigenvalue weighted by Gasteiger charge is 2.45. The highest BCUT2D eigenvalue weighted by molar-refractivity contribution is 5.33. The molecule has 0 bridgehead atoms. The molecule has 1 rings (SSSR count). The lowest BCUT2D eigenvalue weighted by Gasteiger charge is -2.39. The normalized spacial score (nSPS) is 15.7. The van der Waals surface area contributed by atoms with Gasteiger partial charge in [-0.2, -0.15) is 5.10 Å². The Hall–Kier alpha value is -1.07. The van der Waals surface area contributed by atoms with E-state index < -0.39 is 11.0 Å². The van der Waals surface area contributed by atoms with Gasteiger partial charge in [-0.25, -0.2) is 0 Å². The van der Waals surface area contributed by atoms with Crippen LogP contribution < -0.4 is 10.5 Å². The fourth-order valence-electron chi connectivity index (χ4n) is 1.93. The van der Waals surface area contributed by atoms with E-state index in [9.17, 15) is 5.11 Å². The number of ether oxygens (including phenoxy) is 1. The number of aliphatic hydroxyl groups is 1. The molecular formula is C12H23N3O2. The smallest absolute Gasteiger partial charge is 0.163 e. The van der Waals surface area contributed by atoms with Gasteiger partial charge < -0.3 is 15.6 Å². The number of aryl methyl sites for hydroxylation is 1. The summed E-state index contributed by atoms with van der Waals surface area (Å²) in [6.07, 6.45) is 1.62. The van der Waals surface area contributed by atoms with Gasteiger partial charge in [-0.3, -0.25) is 4.68 Å². The van der Waals surface area contributed by atoms with E-state index in [-0.39, 0.29) is 6.54 Å². The van der Waals surface area contributed by atoms with E-state index in [0.717, 1.165) is 0 Å². The Balaban J connectivity index is 3.42. The van der Waals surface area contributed by atoms with Crippen molar-refractivity contribution in [2.75, 3.05) is 13.7 Å². The molecule has 0 radical (unpaired) electrons. The summed E-state index contributed by atoms with van der Waals surface area (Å²) in [6, 6.07) is 0. The van der Waals surface area contributed by atoms with Gasteiger partial charge in [0.15, 0.2) is 5.75 Å². The van der Waals surface area contributed by atoms with Gasteiger partial charge in [0.2, 0.25) is 0 Å². The van der Waals surface area contributed by atoms with Crippen molar-refractivity contribution >= 4 is 0 Å². The van der Waals surface area contributed by atoms with Crippen molar-refractivity contribution in [2.45, 2.75) is 39.8 Å². The molecule has 5 heteroatoms. The Morgan fingerprint density at radius 1 is 1.47 bits per heavy atom. The third kappa shape index (κ3) is 2.17. The van der Waals surface area contributed by atoms with E-state index in [1.165, 1.54) is 0 Å². The maximum atomic E-state index is 10.9. The fourth-order valence-corrected chi connectivity index (χ4v) is 1.93. The summed E-state index contributed by atoms with van der Waals surface area (Å²) >= 11 is 0. The largest absolute Gasteiger partial charge is 0.493 e. The van der Waals surface area contributed by atoms with Gasteiger partial charge in [-0.05, 0) is 12.3 Å². The lowest BCUT2D eigenvalue weighted by Crippen LogP contribution is -2.48. The minimum atomic E-state index is -1.16. The van der Waals surface area contributed by atoms with Gasteiger partial charge in [0.05, 0.1) is 13.3 Å². The van der Waals surface area contributed by atoms with Crippen molar-refractivity contribution in [3.05, 3.63) is 11.9 Å². The third-order valence-corrected chi connectivity index (χ3v) is 3.25. The summed E-state index contributed by atoms with van der Waals surface area (Å²) in [6.45, 7) is 8.61. The van der Waals surface area contributed by atoms with Crippen molar-refractivity contribution in [3.63, 3.8) is 0 Å². The maximum Gasteiger partial charge on any atom is 0.163 e. The van der Waals surface area contributed by atoms with Crippen LogP contribution >= 0.6 is 0 Å². The molecule has 3 N–H and O–H groups in total. The van der Waals surface area contributed by atoms with Crippen molar-refractivity contribution in [2.24, 2.45) is 11.1 Å². The molecule has 98 valence electrons. The first-order valence-corrected chi connectivity index (χ1v) is 5.84. The number of aromatic nitrogens is 2. The molecule has 0 aromatic carbocycles. The molecule has 17 heavy (non-hydrogen) atoms. The molecule has 0 saturated heterocycles. The van der Waals surface area contributed by atoms with Gasteiger partial charge in [0, 0.05) is 13.1 Å². The van der Waals surface area contributed by atoms with Crippen molar-refractivity contribution in [1.29, 1.82) is 0 Å². The van der Waals surface area contributed by atoms with Gasteiger partial charge in [0.25, 0.3) is 0 Å². The first-order chi connectivity index (χ1) is 7.81. The second-order valence-electron chi connectivity index (χ2n) is 5.19. The maximum absolute atomic E-state index is 10.9. The molecule has 1 atom stereocenters. The van der Waals surface area contributed by atoms with Crippen LogP contribution in [0.5, 0.6) is 5.75 Å². The Kier molecular flexibility index (Phi) is 3.84. The Morgan fingerprint density at radius 3 is 2.41 bits per heavy atom. The van der Waals surface area contributed by atoms with Crippen LogP contribution in [0.2, 0.25) is 0 Å². The van der Waals surface area contributed by atoms with Gasteiger partial charge >= 0.3 is 0 Å². The molecule has 0 aliphatic heterocycles. The summed E-state index contributed by atoms with van der Waals surface area (Å²) < 4.78 is 7.01. The van der Waals surface area contributed by atoms with E-state index in [1.54, 1.807) is 18.0 Å². The topological polar surface area (TPSA) is 73.3 Å². The van der Waals surface area contributed by atoms with E-state index in [4.69, 9.17) is 10.5 Å². The monoisotopic (exact) mass is 241 g/mol. The van der Waals surface area contributed by atoms with Crippen LogP contribution in [0.3, 0.4) is 0 Å². The Morgan fingerprint density at radius 2 is 2.06 bits per heavy atom. The van der Waals surface area contributed by atoms with Gasteiger partial charge in [0.1, 0.15) is 11.3 Å². The summed E-state index contributed by atoms with van der Waals surface area (Å²) in [7, 11) is 1.57. The lowest BCUT2D eigenvalue weighted by atomic mass is 9.74. The number of nitrogens with two attached hydrogens (primary N) is 1. The van der Waals surface area contributed by atoms with E-state index >= 15 is 0 Å². The van der Waals surface area contributed by atoms with Crippen molar-refractivity contribution in [1.82, 2.24) is 9.78 Å². The molecule has 0 fully saturated rings. The summed E-state index contributed by atoms with van der Waals surface area (Å²) in [5.74, 6) is 0.578. The Bertz CT molecular complexity index is 360. The van der Waals surface area contributed by atoms with E-state index in [2.05, 4.69) is 5.10 Å². The van der Waals surface area contributed by atoms with Crippen LogP contribution in [0, 0.1) is 5.41 Å². The second kappa shape index (κ2) is 4.66. The highest BCUT2D eigenvalue weighted by Crippen LogP contribution is 2.42. The zero-order chi connectivity index (χ0) is 13.3. The second-order valence-corrected chi connectivity index (χ2v) is 5.19. The lowest BCUT2D eigenvalue weighted by molar-refractivity contribution is -0.0641. The van der Waals surface area contributed by atoms with Gasteiger partial charge in [-0.1, -0.05) is 20.8 Å². The number of rotatable bonds is 4. The Labute approximate surface area is 103 Å². The van der Waals surface area contributed by atoms with Crippen LogP contribution in [0.4, 0.5) is 0 Å². The van der Waals surface area contributed by atoms with Crippen LogP contribution in [0.15, 0.2) is 6.20 Å². The van der Waals surface area contributed by atoms with E-state index in [1.807, 2.05) is 27.7 Å². The number of nitrogens with zero attached hydrogens (tertiary/aromatic N) is 2. The number of hydrogen-bond donors (Lipinski definition) is 2. The van der Waals surface area contributed by atoms with Crippen molar-refractivity contribution in [3.8, 4) is 5.75 Å². The number of hydrogen-bond acceptors (Lipinski definition) is 4. The molecule has 1 heterocycles. The quantitative estimate of drug-likeness (QED) is 0.828. The first-order valence-electron chi connectivity index (χ1n) is 5.84. The summed E-state index contributed by atoms with van der Waals surface area (Å²) in [5, 5.41) is 15.1. The number of methoxy groups -OCH3 is 1. The predicted octanol–water partition coefficient (Wildman–Crippen LogP) is 1.10. The average Bonchev–Trinajstić information content (AvgIpc) is 2.69. The van der Waals surface area contributed by atoms with Crippen LogP contribution in [-0.4, -0.2) is 28.5 Å². The van der Waals surface area contributed by atoms with Gasteiger partial charge in [-0.15, -0.1) is 0 Å². The van der Waals surface area contributed by atoms with Crippen molar-refractivity contribution < 1.29 is 9.84 Å².